The normalized spacial score (nSPS) is 15.0. The molecule has 0 unspecified atom stereocenters. The molecular formula is C21H23F3N4O2. The van der Waals surface area contributed by atoms with Gasteiger partial charge < -0.3 is 4.90 Å². The molecule has 2 N–H and O–H groups in total. The summed E-state index contributed by atoms with van der Waals surface area (Å²) in [6.45, 7) is 3.79. The minimum absolute atomic E-state index is 0.131. The molecule has 0 radical (unpaired) electrons. The van der Waals surface area contributed by atoms with Gasteiger partial charge >= 0.3 is 6.18 Å². The first-order chi connectivity index (χ1) is 14.3. The van der Waals surface area contributed by atoms with Crippen molar-refractivity contribution in [3.63, 3.8) is 0 Å². The molecule has 1 aliphatic heterocycles. The summed E-state index contributed by atoms with van der Waals surface area (Å²) in [5.41, 5.74) is 3.83. The smallest absolute Gasteiger partial charge is 0.369 e. The van der Waals surface area contributed by atoms with E-state index in [4.69, 9.17) is 0 Å². The Morgan fingerprint density at radius 2 is 1.50 bits per heavy atom. The Morgan fingerprint density at radius 1 is 0.867 bits per heavy atom. The molecule has 0 spiro atoms. The highest BCUT2D eigenvalue weighted by Gasteiger charge is 2.34. The molecule has 160 valence electrons. The molecule has 2 aromatic carbocycles. The Hall–Kier alpha value is -3.07. The predicted octanol–water partition coefficient (Wildman–Crippen LogP) is 2.68. The van der Waals surface area contributed by atoms with Crippen molar-refractivity contribution >= 4 is 17.5 Å². The number of halogens is 3. The van der Waals surface area contributed by atoms with E-state index >= 15 is 0 Å². The maximum absolute atomic E-state index is 13.0. The second-order valence-corrected chi connectivity index (χ2v) is 6.96. The number of benzene rings is 2. The fraction of sp³-hybridized carbons (Fsp3) is 0.333. The van der Waals surface area contributed by atoms with Gasteiger partial charge in [0.1, 0.15) is 0 Å². The van der Waals surface area contributed by atoms with E-state index in [-0.39, 0.29) is 6.42 Å². The monoisotopic (exact) mass is 420 g/mol. The number of anilines is 1. The lowest BCUT2D eigenvalue weighted by molar-refractivity contribution is -0.137. The number of alkyl halides is 3. The van der Waals surface area contributed by atoms with Crippen LogP contribution in [0.5, 0.6) is 0 Å². The molecule has 1 heterocycles. The summed E-state index contributed by atoms with van der Waals surface area (Å²) in [5, 5.41) is 0. The van der Waals surface area contributed by atoms with Crippen LogP contribution in [0.3, 0.4) is 0 Å². The highest BCUT2D eigenvalue weighted by molar-refractivity contribution is 5.96. The highest BCUT2D eigenvalue weighted by Crippen LogP contribution is 2.31. The van der Waals surface area contributed by atoms with E-state index in [0.717, 1.165) is 44.0 Å². The van der Waals surface area contributed by atoms with Gasteiger partial charge in [-0.25, -0.2) is 0 Å². The second-order valence-electron chi connectivity index (χ2n) is 6.96. The van der Waals surface area contributed by atoms with Crippen LogP contribution in [0, 0.1) is 0 Å². The van der Waals surface area contributed by atoms with Crippen LogP contribution < -0.4 is 15.8 Å². The number of hydrogen-bond donors (Lipinski definition) is 2. The molecule has 2 amide bonds. The second kappa shape index (κ2) is 9.62. The highest BCUT2D eigenvalue weighted by atomic mass is 19.4. The number of nitrogens with one attached hydrogen (secondary N) is 2. The fourth-order valence-electron chi connectivity index (χ4n) is 3.31. The first-order valence-electron chi connectivity index (χ1n) is 9.62. The molecule has 1 aliphatic rings. The van der Waals surface area contributed by atoms with Crippen molar-refractivity contribution in [2.45, 2.75) is 12.6 Å². The quantitative estimate of drug-likeness (QED) is 0.731. The van der Waals surface area contributed by atoms with Crippen LogP contribution in [-0.2, 0) is 11.0 Å². The number of hydrogen-bond acceptors (Lipinski definition) is 4. The molecule has 9 heteroatoms. The van der Waals surface area contributed by atoms with Crippen LogP contribution in [0.15, 0.2) is 54.6 Å². The lowest BCUT2D eigenvalue weighted by Gasteiger charge is -2.36. The van der Waals surface area contributed by atoms with Crippen LogP contribution in [0.1, 0.15) is 22.3 Å². The van der Waals surface area contributed by atoms with Gasteiger partial charge in [-0.15, -0.1) is 0 Å². The molecule has 0 atom stereocenters. The summed E-state index contributed by atoms with van der Waals surface area (Å²) < 4.78 is 39.0. The molecule has 30 heavy (non-hydrogen) atoms. The maximum atomic E-state index is 13.0. The number of nitrogens with zero attached hydrogens (tertiary/aromatic N) is 2. The molecular weight excluding hydrogens is 397 g/mol. The van der Waals surface area contributed by atoms with Crippen molar-refractivity contribution in [2.24, 2.45) is 0 Å². The summed E-state index contributed by atoms with van der Waals surface area (Å²) in [6, 6.07) is 14.5. The van der Waals surface area contributed by atoms with E-state index in [2.05, 4.69) is 32.8 Å². The molecule has 3 rings (SSSR count). The number of carbonyl (C=O) groups is 2. The summed E-state index contributed by atoms with van der Waals surface area (Å²) in [6.07, 6.45) is -4.52. The van der Waals surface area contributed by atoms with Gasteiger partial charge in [-0.1, -0.05) is 30.3 Å². The van der Waals surface area contributed by atoms with E-state index in [1.165, 1.54) is 12.1 Å². The molecule has 0 aliphatic carbocycles. The lowest BCUT2D eigenvalue weighted by Crippen LogP contribution is -2.48. The van der Waals surface area contributed by atoms with Crippen molar-refractivity contribution < 1.29 is 22.8 Å². The van der Waals surface area contributed by atoms with Crippen molar-refractivity contribution in [3.8, 4) is 0 Å². The Balaban J connectivity index is 1.41. The van der Waals surface area contributed by atoms with Crippen molar-refractivity contribution in [1.29, 1.82) is 0 Å². The minimum atomic E-state index is -4.65. The van der Waals surface area contributed by atoms with E-state index in [1.54, 1.807) is 0 Å². The molecule has 0 saturated carbocycles. The first-order valence-corrected chi connectivity index (χ1v) is 9.62. The number of hydrazine groups is 1. The summed E-state index contributed by atoms with van der Waals surface area (Å²) >= 11 is 0. The Labute approximate surface area is 172 Å². The molecule has 6 nitrogen and oxygen atoms in total. The minimum Gasteiger partial charge on any atom is -0.369 e. The summed E-state index contributed by atoms with van der Waals surface area (Å²) in [4.78, 5) is 28.5. The van der Waals surface area contributed by atoms with Gasteiger partial charge in [-0.3, -0.25) is 25.3 Å². The van der Waals surface area contributed by atoms with E-state index < -0.39 is 29.1 Å². The number of piperazine rings is 1. The largest absolute Gasteiger partial charge is 0.417 e. The maximum Gasteiger partial charge on any atom is 0.417 e. The fourth-order valence-corrected chi connectivity index (χ4v) is 3.31. The van der Waals surface area contributed by atoms with Crippen molar-refractivity contribution in [1.82, 2.24) is 15.8 Å². The average molecular weight is 420 g/mol. The molecule has 2 aromatic rings. The van der Waals surface area contributed by atoms with Gasteiger partial charge in [0, 0.05) is 44.8 Å². The number of rotatable bonds is 5. The van der Waals surface area contributed by atoms with Crippen molar-refractivity contribution in [3.05, 3.63) is 65.7 Å². The molecule has 1 fully saturated rings. The lowest BCUT2D eigenvalue weighted by atomic mass is 10.1. The number of carbonyl (C=O) groups excluding carboxylic acids is 2. The summed E-state index contributed by atoms with van der Waals surface area (Å²) in [5.74, 6) is -1.47. The summed E-state index contributed by atoms with van der Waals surface area (Å²) in [7, 11) is 0. The van der Waals surface area contributed by atoms with Crippen LogP contribution >= 0.6 is 0 Å². The zero-order valence-corrected chi connectivity index (χ0v) is 16.3. The van der Waals surface area contributed by atoms with E-state index in [1.807, 2.05) is 18.2 Å². The first kappa shape index (κ1) is 21.6. The number of amides is 2. The van der Waals surface area contributed by atoms with Gasteiger partial charge in [0.2, 0.25) is 5.91 Å². The topological polar surface area (TPSA) is 64.7 Å². The zero-order chi connectivity index (χ0) is 21.6. The molecule has 0 bridgehead atoms. The zero-order valence-electron chi connectivity index (χ0n) is 16.3. The van der Waals surface area contributed by atoms with E-state index in [0.29, 0.717) is 6.54 Å². The van der Waals surface area contributed by atoms with Crippen LogP contribution in [-0.4, -0.2) is 49.4 Å². The van der Waals surface area contributed by atoms with E-state index in [9.17, 15) is 22.8 Å². The Bertz CT molecular complexity index is 866. The SMILES string of the molecule is O=C(CCN1CCN(c2ccccc2)CC1)NNC(=O)c1ccccc1C(F)(F)F. The Kier molecular flexibility index (Phi) is 6.94. The predicted molar refractivity (Wildman–Crippen MR) is 107 cm³/mol. The van der Waals surface area contributed by atoms with Gasteiger partial charge in [-0.05, 0) is 24.3 Å². The number of para-hydroxylation sites is 1. The van der Waals surface area contributed by atoms with Crippen molar-refractivity contribution in [2.75, 3.05) is 37.6 Å². The molecule has 1 saturated heterocycles. The third-order valence-corrected chi connectivity index (χ3v) is 4.94. The third-order valence-electron chi connectivity index (χ3n) is 4.94. The van der Waals surface area contributed by atoms with Gasteiger partial charge in [0.05, 0.1) is 11.1 Å². The van der Waals surface area contributed by atoms with Crippen LogP contribution in [0.4, 0.5) is 18.9 Å². The van der Waals surface area contributed by atoms with Crippen LogP contribution in [0.25, 0.3) is 0 Å². The van der Waals surface area contributed by atoms with Gasteiger partial charge in [0.25, 0.3) is 5.91 Å². The Morgan fingerprint density at radius 3 is 2.17 bits per heavy atom. The average Bonchev–Trinajstić information content (AvgIpc) is 2.76. The van der Waals surface area contributed by atoms with Crippen LogP contribution in [0.2, 0.25) is 0 Å². The van der Waals surface area contributed by atoms with Gasteiger partial charge in [-0.2, -0.15) is 13.2 Å². The molecule has 0 aromatic heterocycles. The standard InChI is InChI=1S/C21H23F3N4O2/c22-21(23,24)18-9-5-4-8-17(18)20(30)26-25-19(29)10-11-27-12-14-28(15-13-27)16-6-2-1-3-7-16/h1-9H,10-15H2,(H,25,29)(H,26,30). The van der Waals surface area contributed by atoms with Gasteiger partial charge in [0.15, 0.2) is 0 Å². The third kappa shape index (κ3) is 5.73.